The van der Waals surface area contributed by atoms with Gasteiger partial charge in [-0.1, -0.05) is 12.1 Å². The van der Waals surface area contributed by atoms with Crippen LogP contribution in [0.3, 0.4) is 0 Å². The Balaban J connectivity index is 1.21. The predicted octanol–water partition coefficient (Wildman–Crippen LogP) is 2.75. The van der Waals surface area contributed by atoms with Crippen LogP contribution >= 0.6 is 0 Å². The van der Waals surface area contributed by atoms with Gasteiger partial charge in [-0.25, -0.2) is 13.4 Å². The molecule has 192 valence electrons. The molecule has 1 aromatic heterocycles. The highest BCUT2D eigenvalue weighted by Crippen LogP contribution is 2.26. The van der Waals surface area contributed by atoms with Crippen LogP contribution in [0.4, 0.5) is 0 Å². The van der Waals surface area contributed by atoms with Crippen LogP contribution in [0.5, 0.6) is 11.6 Å². The number of methoxy groups -OCH3 is 1. The third kappa shape index (κ3) is 5.62. The summed E-state index contributed by atoms with van der Waals surface area (Å²) in [6, 6.07) is 14.5. The molecule has 0 amide bonds. The number of ether oxygens (including phenoxy) is 3. The Bertz CT molecular complexity index is 1270. The van der Waals surface area contributed by atoms with Crippen LogP contribution in [0.1, 0.15) is 18.7 Å². The number of piperazine rings is 1. The molecule has 0 saturated carbocycles. The topological polar surface area (TPSA) is 94.1 Å². The summed E-state index contributed by atoms with van der Waals surface area (Å²) in [7, 11) is -1.96. The minimum atomic E-state index is -3.52. The van der Waals surface area contributed by atoms with Crippen molar-refractivity contribution in [1.29, 1.82) is 0 Å². The Morgan fingerprint density at radius 3 is 2.42 bits per heavy atom. The molecule has 0 spiro atoms. The van der Waals surface area contributed by atoms with Gasteiger partial charge in [-0.2, -0.15) is 9.29 Å². The van der Waals surface area contributed by atoms with Gasteiger partial charge in [-0.15, -0.1) is 0 Å². The van der Waals surface area contributed by atoms with Gasteiger partial charge in [0.25, 0.3) is 0 Å². The van der Waals surface area contributed by atoms with E-state index in [1.54, 1.807) is 35.7 Å². The summed E-state index contributed by atoms with van der Waals surface area (Å²) in [6.45, 7) is 4.39. The van der Waals surface area contributed by atoms with Crippen LogP contribution in [0, 0.1) is 0 Å². The quantitative estimate of drug-likeness (QED) is 0.455. The largest absolute Gasteiger partial charge is 0.497 e. The molecule has 2 aliphatic heterocycles. The summed E-state index contributed by atoms with van der Waals surface area (Å²) in [5, 5.41) is 0.921. The second-order valence-electron chi connectivity index (χ2n) is 9.06. The van der Waals surface area contributed by atoms with Gasteiger partial charge in [0.1, 0.15) is 17.7 Å². The van der Waals surface area contributed by atoms with Crippen molar-refractivity contribution in [3.63, 3.8) is 0 Å². The fourth-order valence-corrected chi connectivity index (χ4v) is 6.02. The predicted molar refractivity (Wildman–Crippen MR) is 136 cm³/mol. The highest BCUT2D eigenvalue weighted by Gasteiger charge is 2.28. The molecule has 2 aromatic carbocycles. The molecule has 36 heavy (non-hydrogen) atoms. The molecule has 3 heterocycles. The van der Waals surface area contributed by atoms with Crippen molar-refractivity contribution in [2.75, 3.05) is 53.0 Å². The minimum absolute atomic E-state index is 0.102. The summed E-state index contributed by atoms with van der Waals surface area (Å²) in [5.74, 6) is 2.01. The Hall–Kier alpha value is -2.79. The van der Waals surface area contributed by atoms with Crippen LogP contribution in [0.15, 0.2) is 53.4 Å². The first-order chi connectivity index (χ1) is 17.5. The fraction of sp³-hybridized carbons (Fsp3) is 0.462. The van der Waals surface area contributed by atoms with E-state index in [-0.39, 0.29) is 6.10 Å². The number of hydrogen-bond acceptors (Lipinski definition) is 8. The van der Waals surface area contributed by atoms with Crippen molar-refractivity contribution >= 4 is 20.9 Å². The molecule has 2 aliphatic rings. The molecule has 0 unspecified atom stereocenters. The Morgan fingerprint density at radius 2 is 1.69 bits per heavy atom. The number of rotatable bonds is 8. The number of benzene rings is 2. The molecular weight excluding hydrogens is 480 g/mol. The van der Waals surface area contributed by atoms with Gasteiger partial charge in [0, 0.05) is 52.0 Å². The van der Waals surface area contributed by atoms with E-state index in [1.165, 1.54) is 0 Å². The number of fused-ring (bicyclic) bond motifs is 1. The Kier molecular flexibility index (Phi) is 7.66. The van der Waals surface area contributed by atoms with Crippen LogP contribution in [-0.4, -0.2) is 86.7 Å². The number of aromatic nitrogens is 2. The number of hydrogen-bond donors (Lipinski definition) is 0. The second kappa shape index (κ2) is 11.1. The van der Waals surface area contributed by atoms with Gasteiger partial charge in [0.05, 0.1) is 36.1 Å². The summed E-state index contributed by atoms with van der Waals surface area (Å²) in [4.78, 5) is 12.1. The number of para-hydroxylation sites is 1. The second-order valence-corrected chi connectivity index (χ2v) is 11.0. The van der Waals surface area contributed by atoms with Crippen LogP contribution in [-0.2, 0) is 21.2 Å². The number of sulfonamides is 1. The average molecular weight is 513 g/mol. The monoisotopic (exact) mass is 512 g/mol. The molecule has 0 aliphatic carbocycles. The molecule has 0 bridgehead atoms. The zero-order valence-corrected chi connectivity index (χ0v) is 21.3. The number of nitrogens with zero attached hydrogens (tertiary/aromatic N) is 4. The minimum Gasteiger partial charge on any atom is -0.497 e. The van der Waals surface area contributed by atoms with Crippen molar-refractivity contribution < 1.29 is 22.6 Å². The van der Waals surface area contributed by atoms with Crippen LogP contribution in [0.25, 0.3) is 10.9 Å². The zero-order chi connectivity index (χ0) is 25.0. The van der Waals surface area contributed by atoms with Crippen molar-refractivity contribution in [3.05, 3.63) is 54.4 Å². The third-order valence-corrected chi connectivity index (χ3v) is 8.65. The molecule has 2 saturated heterocycles. The molecule has 9 nitrogen and oxygen atoms in total. The Labute approximate surface area is 212 Å². The van der Waals surface area contributed by atoms with Crippen LogP contribution < -0.4 is 9.47 Å². The third-order valence-electron chi connectivity index (χ3n) is 6.74. The lowest BCUT2D eigenvalue weighted by atomic mass is 10.1. The molecule has 10 heteroatoms. The van der Waals surface area contributed by atoms with Crippen molar-refractivity contribution in [2.45, 2.75) is 30.3 Å². The highest BCUT2D eigenvalue weighted by molar-refractivity contribution is 7.89. The summed E-state index contributed by atoms with van der Waals surface area (Å²) in [6.07, 6.45) is 2.49. The molecular formula is C26H32N4O5S. The van der Waals surface area contributed by atoms with E-state index in [0.29, 0.717) is 62.3 Å². The molecule has 0 N–H and O–H groups in total. The SMILES string of the molecule is COc1ccc(S(=O)(=O)N2CCN(CCc3nc(OC4CCOCC4)c4ccccc4n3)CC2)cc1. The fourth-order valence-electron chi connectivity index (χ4n) is 4.60. The average Bonchev–Trinajstić information content (AvgIpc) is 2.93. The lowest BCUT2D eigenvalue weighted by Crippen LogP contribution is -2.49. The van der Waals surface area contributed by atoms with E-state index in [0.717, 1.165) is 36.1 Å². The van der Waals surface area contributed by atoms with Crippen molar-refractivity contribution in [1.82, 2.24) is 19.2 Å². The van der Waals surface area contributed by atoms with E-state index in [2.05, 4.69) is 4.90 Å². The highest BCUT2D eigenvalue weighted by atomic mass is 32.2. The molecule has 0 atom stereocenters. The summed E-state index contributed by atoms with van der Waals surface area (Å²) >= 11 is 0. The first-order valence-corrected chi connectivity index (χ1v) is 13.8. The first kappa shape index (κ1) is 24.9. The molecule has 3 aromatic rings. The lowest BCUT2D eigenvalue weighted by molar-refractivity contribution is 0.0243. The molecule has 0 radical (unpaired) electrons. The van der Waals surface area contributed by atoms with E-state index in [9.17, 15) is 8.42 Å². The summed E-state index contributed by atoms with van der Waals surface area (Å²) < 4.78 is 44.5. The lowest BCUT2D eigenvalue weighted by Gasteiger charge is -2.33. The molecule has 2 fully saturated rings. The smallest absolute Gasteiger partial charge is 0.243 e. The van der Waals surface area contributed by atoms with Gasteiger partial charge >= 0.3 is 0 Å². The van der Waals surface area contributed by atoms with Crippen molar-refractivity contribution in [3.8, 4) is 11.6 Å². The van der Waals surface area contributed by atoms with E-state index in [1.807, 2.05) is 24.3 Å². The van der Waals surface area contributed by atoms with Gasteiger partial charge in [-0.05, 0) is 36.4 Å². The van der Waals surface area contributed by atoms with Crippen molar-refractivity contribution in [2.24, 2.45) is 0 Å². The van der Waals surface area contributed by atoms with E-state index in [4.69, 9.17) is 24.2 Å². The maximum absolute atomic E-state index is 13.0. The van der Waals surface area contributed by atoms with Gasteiger partial charge < -0.3 is 19.1 Å². The van der Waals surface area contributed by atoms with Crippen LogP contribution in [0.2, 0.25) is 0 Å². The molecule has 5 rings (SSSR count). The van der Waals surface area contributed by atoms with E-state index < -0.39 is 10.0 Å². The van der Waals surface area contributed by atoms with Gasteiger partial charge in [0.2, 0.25) is 15.9 Å². The first-order valence-electron chi connectivity index (χ1n) is 12.4. The zero-order valence-electron chi connectivity index (χ0n) is 20.5. The normalized spacial score (nSPS) is 18.4. The van der Waals surface area contributed by atoms with E-state index >= 15 is 0 Å². The maximum Gasteiger partial charge on any atom is 0.243 e. The van der Waals surface area contributed by atoms with Gasteiger partial charge in [0.15, 0.2) is 0 Å². The van der Waals surface area contributed by atoms with Gasteiger partial charge in [-0.3, -0.25) is 0 Å². The standard InChI is InChI=1S/C26H32N4O5S/c1-33-20-6-8-22(9-7-20)36(31,32)30-16-14-29(15-17-30)13-10-25-27-24-5-3-2-4-23(24)26(28-25)35-21-11-18-34-19-12-21/h2-9,21H,10-19H2,1H3. The summed E-state index contributed by atoms with van der Waals surface area (Å²) in [5.41, 5.74) is 0.875. The Morgan fingerprint density at radius 1 is 0.972 bits per heavy atom. The maximum atomic E-state index is 13.0.